The zero-order chi connectivity index (χ0) is 15.6. The van der Waals surface area contributed by atoms with Gasteiger partial charge in [0.15, 0.2) is 0 Å². The summed E-state index contributed by atoms with van der Waals surface area (Å²) >= 11 is 0. The fourth-order valence-corrected chi connectivity index (χ4v) is 1.70. The molecular weight excluding hydrogens is 287 g/mol. The Morgan fingerprint density at radius 1 is 0.810 bits per heavy atom. The Hall–Kier alpha value is -2.35. The molecule has 0 aliphatic carbocycles. The van der Waals surface area contributed by atoms with Gasteiger partial charge in [0, 0.05) is 11.1 Å². The molecule has 0 aliphatic heterocycles. The summed E-state index contributed by atoms with van der Waals surface area (Å²) in [7, 11) is 0. The van der Waals surface area contributed by atoms with E-state index in [0.29, 0.717) is 17.7 Å². The maximum atomic E-state index is 13.4. The molecule has 2 aromatic rings. The normalized spacial score (nSPS) is 11.0. The van der Waals surface area contributed by atoms with Crippen LogP contribution in [0.3, 0.4) is 0 Å². The standard InChI is InChI=1S/C16H9F5/c1-10-2-4-11(5-3-10)6-7-12-8-13(17)15(14(18)9-12)16(19,20)21/h2-5,8-9H,1H3. The van der Waals surface area contributed by atoms with Gasteiger partial charge in [-0.2, -0.15) is 13.2 Å². The van der Waals surface area contributed by atoms with E-state index in [0.717, 1.165) is 5.56 Å². The average molecular weight is 296 g/mol. The first-order chi connectivity index (χ1) is 9.77. The van der Waals surface area contributed by atoms with Gasteiger partial charge < -0.3 is 0 Å². The molecule has 21 heavy (non-hydrogen) atoms. The first-order valence-corrected chi connectivity index (χ1v) is 5.92. The Labute approximate surface area is 118 Å². The van der Waals surface area contributed by atoms with Crippen LogP contribution in [0.15, 0.2) is 36.4 Å². The number of hydrogen-bond donors (Lipinski definition) is 0. The fourth-order valence-electron chi connectivity index (χ4n) is 1.70. The van der Waals surface area contributed by atoms with Gasteiger partial charge in [-0.3, -0.25) is 0 Å². The molecule has 2 aromatic carbocycles. The summed E-state index contributed by atoms with van der Waals surface area (Å²) in [5.41, 5.74) is -0.435. The topological polar surface area (TPSA) is 0 Å². The number of halogens is 5. The Bertz CT molecular complexity index is 692. The second-order valence-electron chi connectivity index (χ2n) is 4.43. The van der Waals surface area contributed by atoms with Crippen LogP contribution in [0.5, 0.6) is 0 Å². The highest BCUT2D eigenvalue weighted by atomic mass is 19.4. The van der Waals surface area contributed by atoms with E-state index in [1.165, 1.54) is 0 Å². The van der Waals surface area contributed by atoms with Crippen LogP contribution in [0.2, 0.25) is 0 Å². The van der Waals surface area contributed by atoms with E-state index in [4.69, 9.17) is 0 Å². The van der Waals surface area contributed by atoms with Gasteiger partial charge in [-0.15, -0.1) is 0 Å². The summed E-state index contributed by atoms with van der Waals surface area (Å²) in [6.45, 7) is 1.89. The van der Waals surface area contributed by atoms with Gasteiger partial charge in [0.25, 0.3) is 0 Å². The molecule has 0 bridgehead atoms. The largest absolute Gasteiger partial charge is 0.422 e. The van der Waals surface area contributed by atoms with Crippen LogP contribution in [0.1, 0.15) is 22.3 Å². The van der Waals surface area contributed by atoms with E-state index in [2.05, 4.69) is 11.8 Å². The molecule has 0 amide bonds. The molecule has 0 heterocycles. The predicted octanol–water partition coefficient (Wildman–Crippen LogP) is 4.69. The van der Waals surface area contributed by atoms with Crippen molar-refractivity contribution in [3.63, 3.8) is 0 Å². The maximum Gasteiger partial charge on any atom is 0.422 e. The maximum absolute atomic E-state index is 13.4. The lowest BCUT2D eigenvalue weighted by molar-refractivity contribution is -0.142. The van der Waals surface area contributed by atoms with Gasteiger partial charge in [-0.1, -0.05) is 29.5 Å². The van der Waals surface area contributed by atoms with E-state index in [1.54, 1.807) is 24.3 Å². The van der Waals surface area contributed by atoms with Crippen LogP contribution >= 0.6 is 0 Å². The minimum Gasteiger partial charge on any atom is -0.206 e. The van der Waals surface area contributed by atoms with Crippen molar-refractivity contribution >= 4 is 0 Å². The molecule has 2 rings (SSSR count). The molecular formula is C16H9F5. The SMILES string of the molecule is Cc1ccc(C#Cc2cc(F)c(C(F)(F)F)c(F)c2)cc1. The quantitative estimate of drug-likeness (QED) is 0.488. The van der Waals surface area contributed by atoms with Crippen LogP contribution in [0.4, 0.5) is 22.0 Å². The van der Waals surface area contributed by atoms with Gasteiger partial charge >= 0.3 is 6.18 Å². The number of alkyl halides is 3. The van der Waals surface area contributed by atoms with Crippen LogP contribution in [0, 0.1) is 30.4 Å². The van der Waals surface area contributed by atoms with Crippen molar-refractivity contribution in [1.82, 2.24) is 0 Å². The summed E-state index contributed by atoms with van der Waals surface area (Å²) in [5, 5.41) is 0. The van der Waals surface area contributed by atoms with E-state index in [9.17, 15) is 22.0 Å². The van der Waals surface area contributed by atoms with Crippen molar-refractivity contribution in [3.8, 4) is 11.8 Å². The molecule has 108 valence electrons. The molecule has 0 spiro atoms. The Kier molecular flexibility index (Phi) is 3.99. The Morgan fingerprint density at radius 3 is 1.76 bits per heavy atom. The smallest absolute Gasteiger partial charge is 0.206 e. The van der Waals surface area contributed by atoms with E-state index in [-0.39, 0.29) is 5.56 Å². The monoisotopic (exact) mass is 296 g/mol. The summed E-state index contributed by atoms with van der Waals surface area (Å²) in [6.07, 6.45) is -5.07. The molecule has 0 unspecified atom stereocenters. The third-order valence-corrected chi connectivity index (χ3v) is 2.73. The second-order valence-corrected chi connectivity index (χ2v) is 4.43. The van der Waals surface area contributed by atoms with Crippen LogP contribution < -0.4 is 0 Å². The van der Waals surface area contributed by atoms with Gasteiger partial charge in [0.05, 0.1) is 0 Å². The summed E-state index contributed by atoms with van der Waals surface area (Å²) in [4.78, 5) is 0. The lowest BCUT2D eigenvalue weighted by Gasteiger charge is -2.09. The van der Waals surface area contributed by atoms with Crippen molar-refractivity contribution in [2.45, 2.75) is 13.1 Å². The molecule has 0 aromatic heterocycles. The lowest BCUT2D eigenvalue weighted by Crippen LogP contribution is -2.11. The Balaban J connectivity index is 2.38. The molecule has 0 nitrogen and oxygen atoms in total. The molecule has 0 fully saturated rings. The zero-order valence-corrected chi connectivity index (χ0v) is 10.9. The number of rotatable bonds is 0. The van der Waals surface area contributed by atoms with E-state index in [1.807, 2.05) is 6.92 Å². The Morgan fingerprint density at radius 2 is 1.29 bits per heavy atom. The molecule has 0 aliphatic rings. The summed E-state index contributed by atoms with van der Waals surface area (Å²) in [6, 6.07) is 8.17. The number of benzene rings is 2. The third-order valence-electron chi connectivity index (χ3n) is 2.73. The van der Waals surface area contributed by atoms with Crippen molar-refractivity contribution in [3.05, 3.63) is 70.3 Å². The predicted molar refractivity (Wildman–Crippen MR) is 68.5 cm³/mol. The van der Waals surface area contributed by atoms with Crippen molar-refractivity contribution in [1.29, 1.82) is 0 Å². The van der Waals surface area contributed by atoms with Gasteiger partial charge in [-0.05, 0) is 31.2 Å². The highest BCUT2D eigenvalue weighted by Crippen LogP contribution is 2.33. The van der Waals surface area contributed by atoms with Crippen molar-refractivity contribution in [2.75, 3.05) is 0 Å². The van der Waals surface area contributed by atoms with Crippen LogP contribution in [0.25, 0.3) is 0 Å². The highest BCUT2D eigenvalue weighted by molar-refractivity contribution is 5.45. The first kappa shape index (κ1) is 15.0. The van der Waals surface area contributed by atoms with Crippen LogP contribution in [-0.4, -0.2) is 0 Å². The molecule has 0 atom stereocenters. The van der Waals surface area contributed by atoms with Crippen molar-refractivity contribution < 1.29 is 22.0 Å². The molecule has 5 heteroatoms. The first-order valence-electron chi connectivity index (χ1n) is 5.92. The number of hydrogen-bond acceptors (Lipinski definition) is 0. The molecule has 0 saturated carbocycles. The lowest BCUT2D eigenvalue weighted by atomic mass is 10.1. The summed E-state index contributed by atoms with van der Waals surface area (Å²) in [5.74, 6) is 1.74. The highest BCUT2D eigenvalue weighted by Gasteiger charge is 2.37. The van der Waals surface area contributed by atoms with E-state index < -0.39 is 23.4 Å². The molecule has 0 N–H and O–H groups in total. The fraction of sp³-hybridized carbons (Fsp3) is 0.125. The minimum absolute atomic E-state index is 0.154. The minimum atomic E-state index is -5.07. The van der Waals surface area contributed by atoms with Gasteiger partial charge in [-0.25, -0.2) is 8.78 Å². The number of aryl methyl sites for hydroxylation is 1. The average Bonchev–Trinajstić information content (AvgIpc) is 2.35. The molecule has 0 radical (unpaired) electrons. The van der Waals surface area contributed by atoms with Gasteiger partial charge in [0.1, 0.15) is 17.2 Å². The third kappa shape index (κ3) is 3.60. The summed E-state index contributed by atoms with van der Waals surface area (Å²) < 4.78 is 64.0. The van der Waals surface area contributed by atoms with E-state index >= 15 is 0 Å². The van der Waals surface area contributed by atoms with Crippen molar-refractivity contribution in [2.24, 2.45) is 0 Å². The second kappa shape index (κ2) is 5.57. The molecule has 0 saturated heterocycles. The van der Waals surface area contributed by atoms with Gasteiger partial charge in [0.2, 0.25) is 0 Å². The van der Waals surface area contributed by atoms with Crippen LogP contribution in [-0.2, 0) is 6.18 Å². The zero-order valence-electron chi connectivity index (χ0n) is 10.9.